The van der Waals surface area contributed by atoms with Crippen LogP contribution in [-0.4, -0.2) is 38.5 Å². The molecular weight excluding hydrogens is 1830 g/mol. The maximum Gasteiger partial charge on any atom is 0.217 e. The number of hydrogen-bond acceptors (Lipinski definition) is 12. The zero-order valence-electron chi connectivity index (χ0n) is 55.8. The minimum Gasteiger partial charge on any atom is -0.779 e. The number of allylic oxidation sites excluding steroid dienone is 7. The second-order valence-corrected chi connectivity index (χ2v) is 31.0. The van der Waals surface area contributed by atoms with Crippen LogP contribution in [0.3, 0.4) is 0 Å². The van der Waals surface area contributed by atoms with Crippen LogP contribution < -0.4 is 9.88 Å². The van der Waals surface area contributed by atoms with Crippen LogP contribution in [0.5, 0.6) is 0 Å². The summed E-state index contributed by atoms with van der Waals surface area (Å²) in [5.74, 6) is 4.14. The molecule has 9 aromatic rings. The minimum atomic E-state index is -1.53. The monoisotopic (exact) mass is 1910 g/mol. The second kappa shape index (κ2) is 36.3. The molecule has 4 unspecified atom stereocenters. The van der Waals surface area contributed by atoms with E-state index in [-0.39, 0.29) is 87.1 Å². The van der Waals surface area contributed by atoms with Gasteiger partial charge in [-0.1, -0.05) is 204 Å². The smallest absolute Gasteiger partial charge is 0.217 e. The standard InChI is InChI=1S/C24H23N3OS.C20H28NO.C16H24NSSi.C14H14N3O.Ir.2Pt.Rh/c1-3-17(2)21-14-20(15-22(23(21)29)24-25-16-28-26-24)27(18-10-6-4-7-11-18)19-12-8-5-9-13-19;1-7-14(2)18-13-22-19(21-18)15(3)17-9-8-16(12-17)10-11-20(4,5)6;1-7-12(2)13-11-19(5,6)15(17-13)16(3,4)14-9-8-10-18-14;1-3-9(2)10-4-5-11-12(8-10)17-13(16-11)14-15-6-7-18-14;;;;/h4-17,29H,3H2,1-2H3;8,12-14H,7,10-11H2,1-6H3;8,10-12H,7H2,1-6H3;4-9H,3H2,1-2H3;;;;/q;3*-1;;;;/p-1. The fourth-order valence-electron chi connectivity index (χ4n) is 10.5. The largest absolute Gasteiger partial charge is 0.779 e. The van der Waals surface area contributed by atoms with Crippen molar-refractivity contribution in [3.05, 3.63) is 202 Å². The Morgan fingerprint density at radius 3 is 2.00 bits per heavy atom. The Kier molecular flexibility index (Phi) is 31.4. The maximum absolute atomic E-state index is 5.82. The molecule has 11 rings (SSSR count). The average molecular weight is 1920 g/mol. The number of nitrogens with zero attached hydrogens (tertiary/aromatic N) is 8. The summed E-state index contributed by atoms with van der Waals surface area (Å²) in [6, 6.07) is 36.5. The van der Waals surface area contributed by atoms with E-state index in [1.807, 2.05) is 48.5 Å². The topological polar surface area (TPSA) is 134 Å². The van der Waals surface area contributed by atoms with Crippen LogP contribution in [0, 0.1) is 23.5 Å². The Hall–Kier alpha value is -4.87. The SMILES string of the molecule is CCC(C)C1=C[Si](C)(C)C(C(C)(C)c2[c-]ccs2)=N1.CCC(C)c1cc(N(c2ccccc2)c2ccccc2)cc(-c2ncon2)c1[S-].CCC(C)c1ccc2[n-]c(-c3ncco3)nc2c1.CCC(C)c1coc(C(C)=C2[C-]=CC(CCC(C)(C)C)=C2)n1.[Ir].[Pt].[Pt].[Rh]. The third-order valence-corrected chi connectivity index (χ3v) is 21.3. The van der Waals surface area contributed by atoms with Crippen molar-refractivity contribution in [1.82, 2.24) is 30.1 Å². The molecule has 0 saturated heterocycles. The van der Waals surface area contributed by atoms with Crippen molar-refractivity contribution in [2.75, 3.05) is 4.90 Å². The molecule has 92 heavy (non-hydrogen) atoms. The van der Waals surface area contributed by atoms with E-state index in [0.717, 1.165) is 92.5 Å². The van der Waals surface area contributed by atoms with Crippen LogP contribution in [0.15, 0.2) is 185 Å². The van der Waals surface area contributed by atoms with Crippen molar-refractivity contribution in [3.63, 3.8) is 0 Å². The van der Waals surface area contributed by atoms with E-state index in [2.05, 4.69) is 229 Å². The molecule has 0 saturated carbocycles. The molecule has 4 atom stereocenters. The van der Waals surface area contributed by atoms with Crippen LogP contribution in [0.4, 0.5) is 17.1 Å². The van der Waals surface area contributed by atoms with Crippen molar-refractivity contribution in [2.24, 2.45) is 16.3 Å². The van der Waals surface area contributed by atoms with E-state index in [0.29, 0.717) is 46.6 Å². The molecule has 2 radical (unpaired) electrons. The zero-order chi connectivity index (χ0) is 63.3. The molecular formula is C74H88IrN8O3Pt2RhS2Si-4. The number of para-hydroxylation sites is 2. The Labute approximate surface area is 613 Å². The molecule has 0 N–H and O–H groups in total. The van der Waals surface area contributed by atoms with Crippen LogP contribution in [0.1, 0.15) is 181 Å². The quantitative estimate of drug-likeness (QED) is 0.0462. The summed E-state index contributed by atoms with van der Waals surface area (Å²) in [4.78, 5) is 31.2. The van der Waals surface area contributed by atoms with E-state index >= 15 is 0 Å². The summed E-state index contributed by atoms with van der Waals surface area (Å²) in [5, 5.41) is 7.57. The van der Waals surface area contributed by atoms with E-state index in [1.165, 1.54) is 52.5 Å². The number of thiophene rings is 1. The fourth-order valence-corrected chi connectivity index (χ4v) is 15.2. The van der Waals surface area contributed by atoms with Gasteiger partial charge in [-0.25, -0.2) is 22.1 Å². The van der Waals surface area contributed by atoms with Gasteiger partial charge in [0.05, 0.1) is 11.9 Å². The molecule has 1 aliphatic heterocycles. The summed E-state index contributed by atoms with van der Waals surface area (Å²) < 4.78 is 15.9. The van der Waals surface area contributed by atoms with Gasteiger partial charge in [-0.3, -0.25) is 16.3 Å². The van der Waals surface area contributed by atoms with Gasteiger partial charge < -0.3 is 40.9 Å². The Balaban J connectivity index is 0.000000262. The van der Waals surface area contributed by atoms with E-state index in [1.54, 1.807) is 23.8 Å². The molecule has 500 valence electrons. The number of benzene rings is 4. The normalized spacial score (nSPS) is 14.9. The molecule has 2 aliphatic rings. The van der Waals surface area contributed by atoms with Gasteiger partial charge >= 0.3 is 0 Å². The number of rotatable bonds is 18. The fraction of sp³-hybridized carbons (Fsp3) is 0.378. The van der Waals surface area contributed by atoms with Gasteiger partial charge in [-0.05, 0) is 102 Å². The molecule has 0 fully saturated rings. The van der Waals surface area contributed by atoms with Crippen molar-refractivity contribution in [1.29, 1.82) is 0 Å². The molecule has 1 aliphatic carbocycles. The van der Waals surface area contributed by atoms with Crippen molar-refractivity contribution in [2.45, 2.75) is 177 Å². The first-order chi connectivity index (χ1) is 42.0. The van der Waals surface area contributed by atoms with Gasteiger partial charge in [0.15, 0.2) is 5.89 Å². The van der Waals surface area contributed by atoms with Crippen molar-refractivity contribution >= 4 is 71.0 Å². The molecule has 0 amide bonds. The number of fused-ring (bicyclic) bond motifs is 1. The first-order valence-electron chi connectivity index (χ1n) is 31.2. The summed E-state index contributed by atoms with van der Waals surface area (Å²) in [6.45, 7) is 36.0. The first kappa shape index (κ1) is 79.6. The predicted octanol–water partition coefficient (Wildman–Crippen LogP) is 21.1. The number of aromatic nitrogens is 6. The Bertz CT molecular complexity index is 3820. The molecule has 0 bridgehead atoms. The summed E-state index contributed by atoms with van der Waals surface area (Å²) in [5.41, 5.74) is 16.9. The van der Waals surface area contributed by atoms with Gasteiger partial charge in [0, 0.05) is 133 Å². The van der Waals surface area contributed by atoms with Crippen LogP contribution in [0.25, 0.3) is 39.7 Å². The van der Waals surface area contributed by atoms with Gasteiger partial charge in [-0.15, -0.1) is 6.08 Å². The third kappa shape index (κ3) is 20.3. The number of oxazole rings is 2. The second-order valence-electron chi connectivity index (χ2n) is 25.5. The number of anilines is 3. The summed E-state index contributed by atoms with van der Waals surface area (Å²) in [6.07, 6.45) is 20.6. The van der Waals surface area contributed by atoms with Gasteiger partial charge in [-0.2, -0.15) is 38.6 Å². The van der Waals surface area contributed by atoms with E-state index < -0.39 is 8.07 Å². The van der Waals surface area contributed by atoms with E-state index in [9.17, 15) is 0 Å². The molecule has 11 nitrogen and oxygen atoms in total. The molecule has 4 aromatic carbocycles. The van der Waals surface area contributed by atoms with Gasteiger partial charge in [0.1, 0.15) is 20.6 Å². The van der Waals surface area contributed by atoms with Crippen molar-refractivity contribution in [3.8, 4) is 23.1 Å². The van der Waals surface area contributed by atoms with Gasteiger partial charge in [0.25, 0.3) is 0 Å². The van der Waals surface area contributed by atoms with Crippen molar-refractivity contribution < 1.29 is 95.1 Å². The first-order valence-corrected chi connectivity index (χ1v) is 35.5. The zero-order valence-corrected chi connectivity index (χ0v) is 67.0. The van der Waals surface area contributed by atoms with Gasteiger partial charge in [0.2, 0.25) is 18.1 Å². The maximum atomic E-state index is 5.82. The minimum absolute atomic E-state index is 0. The average Bonchev–Trinajstić information content (AvgIpc) is 1.84. The number of hydrogen-bond donors (Lipinski definition) is 0. The van der Waals surface area contributed by atoms with E-state index in [4.69, 9.17) is 31.0 Å². The molecule has 18 heteroatoms. The Morgan fingerprint density at radius 2 is 1.43 bits per heavy atom. The number of aliphatic imine (C=N–C) groups is 1. The molecule has 0 spiro atoms. The van der Waals surface area contributed by atoms with Crippen LogP contribution >= 0.6 is 11.3 Å². The number of imidazole rings is 1. The summed E-state index contributed by atoms with van der Waals surface area (Å²) >= 11 is 7.62. The third-order valence-electron chi connectivity index (χ3n) is 16.8. The Morgan fingerprint density at radius 1 is 0.783 bits per heavy atom. The van der Waals surface area contributed by atoms with Crippen LogP contribution in [-0.2, 0) is 99.8 Å². The molecule has 5 aromatic heterocycles. The summed E-state index contributed by atoms with van der Waals surface area (Å²) in [7, 11) is -1.53. The molecule has 6 heterocycles. The predicted molar refractivity (Wildman–Crippen MR) is 369 cm³/mol. The van der Waals surface area contributed by atoms with Crippen LogP contribution in [0.2, 0.25) is 13.1 Å².